The molecule has 1 aliphatic rings. The zero-order chi connectivity index (χ0) is 21.8. The molecule has 0 heterocycles. The molecular weight excluding hydrogens is 388 g/mol. The number of hydrogen-bond acceptors (Lipinski definition) is 2. The molecule has 156 valence electrons. The Morgan fingerprint density at radius 3 is 1.41 bits per heavy atom. The van der Waals surface area contributed by atoms with Crippen LogP contribution in [0, 0.1) is 0 Å². The highest BCUT2D eigenvalue weighted by Crippen LogP contribution is 2.35. The lowest BCUT2D eigenvalue weighted by Gasteiger charge is -2.28. The van der Waals surface area contributed by atoms with E-state index in [0.717, 1.165) is 35.6 Å². The zero-order valence-electron chi connectivity index (χ0n) is 18.0. The number of anilines is 2. The van der Waals surface area contributed by atoms with Crippen LogP contribution in [0.1, 0.15) is 12.8 Å². The van der Waals surface area contributed by atoms with Crippen molar-refractivity contribution in [1.82, 2.24) is 0 Å². The fourth-order valence-electron chi connectivity index (χ4n) is 4.18. The summed E-state index contributed by atoms with van der Waals surface area (Å²) < 4.78 is 0. The average molecular weight is 415 g/mol. The quantitative estimate of drug-likeness (QED) is 0.363. The summed E-state index contributed by atoms with van der Waals surface area (Å²) in [4.78, 5) is 2.29. The molecular formula is C30H26N2. The first-order valence-electron chi connectivity index (χ1n) is 11.1. The first kappa shape index (κ1) is 19.9. The molecule has 0 unspecified atom stereocenters. The van der Waals surface area contributed by atoms with Crippen molar-refractivity contribution in [2.45, 2.75) is 12.8 Å². The fourth-order valence-corrected chi connectivity index (χ4v) is 4.18. The highest BCUT2D eigenvalue weighted by atomic mass is 15.1. The molecule has 2 heteroatoms. The molecule has 0 aliphatic heterocycles. The van der Waals surface area contributed by atoms with Gasteiger partial charge in [-0.2, -0.15) is 0 Å². The molecule has 0 saturated carbocycles. The molecule has 1 aliphatic carbocycles. The van der Waals surface area contributed by atoms with E-state index in [0.29, 0.717) is 0 Å². The predicted molar refractivity (Wildman–Crippen MR) is 135 cm³/mol. The highest BCUT2D eigenvalue weighted by Gasteiger charge is 2.16. The number of allylic oxidation sites excluding steroid dienone is 3. The maximum Gasteiger partial charge on any atom is 0.0461 e. The third-order valence-corrected chi connectivity index (χ3v) is 5.84. The van der Waals surface area contributed by atoms with E-state index in [1.165, 1.54) is 22.3 Å². The molecule has 0 atom stereocenters. The molecule has 2 N–H and O–H groups in total. The van der Waals surface area contributed by atoms with E-state index in [-0.39, 0.29) is 0 Å². The van der Waals surface area contributed by atoms with Crippen LogP contribution in [0.25, 0.3) is 22.3 Å². The lowest BCUT2D eigenvalue weighted by Crippen LogP contribution is -2.18. The summed E-state index contributed by atoms with van der Waals surface area (Å²) in [7, 11) is 0. The molecule has 0 aromatic heterocycles. The van der Waals surface area contributed by atoms with Crippen LogP contribution in [-0.4, -0.2) is 0 Å². The smallest absolute Gasteiger partial charge is 0.0461 e. The zero-order valence-corrected chi connectivity index (χ0v) is 18.0. The van der Waals surface area contributed by atoms with E-state index in [4.69, 9.17) is 5.73 Å². The Hall–Kier alpha value is -4.04. The minimum absolute atomic E-state index is 0.914. The second kappa shape index (κ2) is 8.99. The molecule has 0 amide bonds. The Morgan fingerprint density at radius 1 is 0.531 bits per heavy atom. The van der Waals surface area contributed by atoms with E-state index in [9.17, 15) is 0 Å². The van der Waals surface area contributed by atoms with Gasteiger partial charge in [-0.25, -0.2) is 0 Å². The van der Waals surface area contributed by atoms with Gasteiger partial charge in [-0.15, -0.1) is 0 Å². The summed E-state index contributed by atoms with van der Waals surface area (Å²) >= 11 is 0. The van der Waals surface area contributed by atoms with Gasteiger partial charge in [0, 0.05) is 22.8 Å². The Morgan fingerprint density at radius 2 is 0.969 bits per heavy atom. The van der Waals surface area contributed by atoms with Crippen LogP contribution in [0.15, 0.2) is 133 Å². The lowest BCUT2D eigenvalue weighted by molar-refractivity contribution is 0.918. The van der Waals surface area contributed by atoms with Gasteiger partial charge in [-0.3, -0.25) is 0 Å². The van der Waals surface area contributed by atoms with Crippen molar-refractivity contribution >= 4 is 11.4 Å². The summed E-state index contributed by atoms with van der Waals surface area (Å²) in [5.41, 5.74) is 15.4. The monoisotopic (exact) mass is 414 g/mol. The number of benzene rings is 4. The normalized spacial score (nSPS) is 13.2. The van der Waals surface area contributed by atoms with Gasteiger partial charge in [0.1, 0.15) is 0 Å². The second-order valence-corrected chi connectivity index (χ2v) is 8.05. The van der Waals surface area contributed by atoms with E-state index in [2.05, 4.69) is 114 Å². The minimum Gasteiger partial charge on any atom is -0.402 e. The van der Waals surface area contributed by atoms with Gasteiger partial charge in [0.15, 0.2) is 0 Å². The Bertz CT molecular complexity index is 1150. The van der Waals surface area contributed by atoms with E-state index in [1.54, 1.807) is 0 Å². The SMILES string of the molecule is NC1=CC(N(c2ccc(-c3ccccc3)cc2)c2ccc(-c3ccccc3)cc2)=CCC1. The molecule has 2 nitrogen and oxygen atoms in total. The third-order valence-electron chi connectivity index (χ3n) is 5.84. The van der Waals surface area contributed by atoms with E-state index in [1.807, 2.05) is 12.1 Å². The van der Waals surface area contributed by atoms with Crippen LogP contribution in [0.4, 0.5) is 11.4 Å². The first-order valence-corrected chi connectivity index (χ1v) is 11.1. The van der Waals surface area contributed by atoms with Gasteiger partial charge in [0.2, 0.25) is 0 Å². The van der Waals surface area contributed by atoms with Crippen molar-refractivity contribution < 1.29 is 0 Å². The number of hydrogen-bond donors (Lipinski definition) is 1. The average Bonchev–Trinajstić information content (AvgIpc) is 2.86. The summed E-state index contributed by atoms with van der Waals surface area (Å²) in [6.45, 7) is 0. The van der Waals surface area contributed by atoms with Gasteiger partial charge < -0.3 is 10.6 Å². The second-order valence-electron chi connectivity index (χ2n) is 8.05. The minimum atomic E-state index is 0.914. The van der Waals surface area contributed by atoms with Crippen LogP contribution in [0.2, 0.25) is 0 Å². The maximum absolute atomic E-state index is 6.21. The molecule has 0 radical (unpaired) electrons. The predicted octanol–water partition coefficient (Wildman–Crippen LogP) is 7.68. The summed E-state index contributed by atoms with van der Waals surface area (Å²) in [6, 6.07) is 38.4. The number of nitrogens with zero attached hydrogens (tertiary/aromatic N) is 1. The van der Waals surface area contributed by atoms with Gasteiger partial charge in [-0.05, 0) is 65.4 Å². The Labute approximate surface area is 190 Å². The molecule has 0 bridgehead atoms. The molecule has 5 rings (SSSR count). The van der Waals surface area contributed by atoms with Gasteiger partial charge in [0.05, 0.1) is 0 Å². The van der Waals surface area contributed by atoms with Crippen LogP contribution >= 0.6 is 0 Å². The van der Waals surface area contributed by atoms with Crippen molar-refractivity contribution in [1.29, 1.82) is 0 Å². The molecule has 4 aromatic carbocycles. The fraction of sp³-hybridized carbons (Fsp3) is 0.0667. The maximum atomic E-state index is 6.21. The van der Waals surface area contributed by atoms with Crippen LogP contribution < -0.4 is 10.6 Å². The van der Waals surface area contributed by atoms with Crippen molar-refractivity contribution in [3.63, 3.8) is 0 Å². The summed E-state index contributed by atoms with van der Waals surface area (Å²) in [5.74, 6) is 0. The Kier molecular flexibility index (Phi) is 5.59. The van der Waals surface area contributed by atoms with Crippen molar-refractivity contribution in [3.05, 3.63) is 133 Å². The third kappa shape index (κ3) is 4.21. The highest BCUT2D eigenvalue weighted by molar-refractivity contribution is 5.76. The van der Waals surface area contributed by atoms with E-state index >= 15 is 0 Å². The van der Waals surface area contributed by atoms with Gasteiger partial charge >= 0.3 is 0 Å². The summed E-state index contributed by atoms with van der Waals surface area (Å²) in [5, 5.41) is 0. The molecule has 0 fully saturated rings. The molecule has 4 aromatic rings. The number of nitrogens with two attached hydrogens (primary N) is 1. The molecule has 0 saturated heterocycles. The largest absolute Gasteiger partial charge is 0.402 e. The van der Waals surface area contributed by atoms with Gasteiger partial charge in [0.25, 0.3) is 0 Å². The van der Waals surface area contributed by atoms with Crippen molar-refractivity contribution in [2.24, 2.45) is 5.73 Å². The number of rotatable bonds is 5. The van der Waals surface area contributed by atoms with Gasteiger partial charge in [-0.1, -0.05) is 91.0 Å². The summed E-state index contributed by atoms with van der Waals surface area (Å²) in [6.07, 6.45) is 6.24. The standard InChI is InChI=1S/C30H26N2/c31-27-12-7-13-30(22-27)32(28-18-14-25(15-19-28)23-8-3-1-4-9-23)29-20-16-26(17-21-29)24-10-5-2-6-11-24/h1-6,8-11,13-22H,7,12,31H2. The van der Waals surface area contributed by atoms with E-state index < -0.39 is 0 Å². The van der Waals surface area contributed by atoms with Crippen LogP contribution in [-0.2, 0) is 0 Å². The topological polar surface area (TPSA) is 29.3 Å². The lowest BCUT2D eigenvalue weighted by atomic mass is 10.0. The first-order chi connectivity index (χ1) is 15.8. The molecule has 0 spiro atoms. The van der Waals surface area contributed by atoms with Crippen molar-refractivity contribution in [3.8, 4) is 22.3 Å². The molecule has 32 heavy (non-hydrogen) atoms. The van der Waals surface area contributed by atoms with Crippen LogP contribution in [0.5, 0.6) is 0 Å². The van der Waals surface area contributed by atoms with Crippen molar-refractivity contribution in [2.75, 3.05) is 4.90 Å². The Balaban J connectivity index is 1.52. The van der Waals surface area contributed by atoms with Crippen LogP contribution in [0.3, 0.4) is 0 Å².